The Hall–Kier alpha value is -2.60. The van der Waals surface area contributed by atoms with Crippen molar-refractivity contribution in [1.82, 2.24) is 4.90 Å². The lowest BCUT2D eigenvalue weighted by atomic mass is 10.1. The van der Waals surface area contributed by atoms with E-state index in [0.717, 1.165) is 46.1 Å². The number of carbonyl (C=O) groups excluding carboxylic acids is 2. The molecular weight excluding hydrogens is 382 g/mol. The van der Waals surface area contributed by atoms with Crippen LogP contribution < -0.4 is 5.32 Å². The van der Waals surface area contributed by atoms with Crippen LogP contribution in [-0.4, -0.2) is 33.2 Å². The van der Waals surface area contributed by atoms with E-state index in [1.54, 1.807) is 0 Å². The van der Waals surface area contributed by atoms with Crippen molar-refractivity contribution in [3.63, 3.8) is 0 Å². The van der Waals surface area contributed by atoms with Gasteiger partial charge in [0.15, 0.2) is 5.17 Å². The summed E-state index contributed by atoms with van der Waals surface area (Å²) in [6.45, 7) is 6.06. The lowest BCUT2D eigenvalue weighted by Crippen LogP contribution is -2.35. The van der Waals surface area contributed by atoms with Gasteiger partial charge in [-0.1, -0.05) is 41.6 Å². The lowest BCUT2D eigenvalue weighted by molar-refractivity contribution is -0.128. The predicted octanol–water partition coefficient (Wildman–Crippen LogP) is 4.73. The maximum absolute atomic E-state index is 13.0. The summed E-state index contributed by atoms with van der Waals surface area (Å²) in [4.78, 5) is 32.2. The van der Waals surface area contributed by atoms with E-state index in [1.165, 1.54) is 11.8 Å². The third-order valence-electron chi connectivity index (χ3n) is 5.17. The first-order valence-electron chi connectivity index (χ1n) is 9.93. The fourth-order valence-corrected chi connectivity index (χ4v) is 4.53. The predicted molar refractivity (Wildman–Crippen MR) is 119 cm³/mol. The maximum atomic E-state index is 13.0. The average Bonchev–Trinajstić information content (AvgIpc) is 3.46. The number of nitrogens with zero attached hydrogens (tertiary/aromatic N) is 2. The summed E-state index contributed by atoms with van der Waals surface area (Å²) in [6, 6.07) is 14.0. The summed E-state index contributed by atoms with van der Waals surface area (Å²) < 4.78 is 0. The highest BCUT2D eigenvalue weighted by molar-refractivity contribution is 8.15. The molecule has 0 aromatic heterocycles. The van der Waals surface area contributed by atoms with Gasteiger partial charge in [-0.25, -0.2) is 4.99 Å². The number of aliphatic imine (C=N–C) groups is 1. The SMILES string of the molecule is Cc1ccc(NC(=O)C[C@H]2SC(=Nc3cc(C)ccc3C)N(C3CC3)C2=O)cc1. The molecule has 1 saturated heterocycles. The molecule has 2 aromatic carbocycles. The van der Waals surface area contributed by atoms with Crippen LogP contribution in [0.3, 0.4) is 0 Å². The number of benzene rings is 2. The Balaban J connectivity index is 1.51. The number of anilines is 1. The Kier molecular flexibility index (Phi) is 5.46. The van der Waals surface area contributed by atoms with Crippen molar-refractivity contribution in [2.24, 2.45) is 4.99 Å². The van der Waals surface area contributed by atoms with Gasteiger partial charge in [-0.15, -0.1) is 0 Å². The summed E-state index contributed by atoms with van der Waals surface area (Å²) in [6.07, 6.45) is 2.15. The van der Waals surface area contributed by atoms with Gasteiger partial charge in [-0.2, -0.15) is 0 Å². The van der Waals surface area contributed by atoms with E-state index < -0.39 is 5.25 Å². The van der Waals surface area contributed by atoms with E-state index in [9.17, 15) is 9.59 Å². The van der Waals surface area contributed by atoms with E-state index in [4.69, 9.17) is 4.99 Å². The number of amides is 2. The van der Waals surface area contributed by atoms with Crippen molar-refractivity contribution < 1.29 is 9.59 Å². The monoisotopic (exact) mass is 407 g/mol. The molecular formula is C23H25N3O2S. The van der Waals surface area contributed by atoms with E-state index in [1.807, 2.05) is 62.1 Å². The number of hydrogen-bond donors (Lipinski definition) is 1. The zero-order chi connectivity index (χ0) is 20.5. The number of hydrogen-bond acceptors (Lipinski definition) is 4. The standard InChI is InChI=1S/C23H25N3O2S/c1-14-5-8-17(9-6-14)24-21(27)13-20-22(28)26(18-10-11-18)23(29-20)25-19-12-15(2)4-7-16(19)3/h4-9,12,18,20H,10-11,13H2,1-3H3,(H,24,27)/t20-/m1/s1. The van der Waals surface area contributed by atoms with Gasteiger partial charge in [0.05, 0.1) is 5.69 Å². The van der Waals surface area contributed by atoms with Gasteiger partial charge in [0.1, 0.15) is 5.25 Å². The molecule has 0 unspecified atom stereocenters. The van der Waals surface area contributed by atoms with Crippen LogP contribution in [0, 0.1) is 20.8 Å². The van der Waals surface area contributed by atoms with Crippen LogP contribution in [0.1, 0.15) is 36.0 Å². The van der Waals surface area contributed by atoms with Crippen LogP contribution in [0.25, 0.3) is 0 Å². The second-order valence-corrected chi connectivity index (χ2v) is 9.02. The zero-order valence-electron chi connectivity index (χ0n) is 16.9. The molecule has 1 atom stereocenters. The molecule has 1 N–H and O–H groups in total. The van der Waals surface area contributed by atoms with Crippen molar-refractivity contribution in [2.45, 2.75) is 51.3 Å². The first kappa shape index (κ1) is 19.7. The van der Waals surface area contributed by atoms with Crippen molar-refractivity contribution in [3.8, 4) is 0 Å². The molecule has 150 valence electrons. The van der Waals surface area contributed by atoms with Crippen molar-refractivity contribution in [2.75, 3.05) is 5.32 Å². The van der Waals surface area contributed by atoms with Gasteiger partial charge in [-0.3, -0.25) is 14.5 Å². The fourth-order valence-electron chi connectivity index (χ4n) is 3.32. The Morgan fingerprint density at radius 3 is 2.48 bits per heavy atom. The highest BCUT2D eigenvalue weighted by Crippen LogP contribution is 2.40. The molecule has 2 aromatic rings. The highest BCUT2D eigenvalue weighted by Gasteiger charge is 2.46. The Morgan fingerprint density at radius 2 is 1.79 bits per heavy atom. The zero-order valence-corrected chi connectivity index (χ0v) is 17.8. The van der Waals surface area contributed by atoms with Gasteiger partial charge in [0, 0.05) is 18.2 Å². The van der Waals surface area contributed by atoms with E-state index in [2.05, 4.69) is 11.4 Å². The Bertz CT molecular complexity index is 980. The quantitative estimate of drug-likeness (QED) is 0.779. The second kappa shape index (κ2) is 8.03. The van der Waals surface area contributed by atoms with Gasteiger partial charge >= 0.3 is 0 Å². The highest BCUT2D eigenvalue weighted by atomic mass is 32.2. The number of amidine groups is 1. The molecule has 0 radical (unpaired) electrons. The Labute approximate surface area is 175 Å². The molecule has 1 heterocycles. The van der Waals surface area contributed by atoms with Crippen LogP contribution in [0.2, 0.25) is 0 Å². The summed E-state index contributed by atoms with van der Waals surface area (Å²) in [5, 5.41) is 3.19. The molecule has 29 heavy (non-hydrogen) atoms. The molecule has 0 spiro atoms. The molecule has 2 aliphatic rings. The van der Waals surface area contributed by atoms with E-state index in [0.29, 0.717) is 0 Å². The second-order valence-electron chi connectivity index (χ2n) is 7.85. The van der Waals surface area contributed by atoms with E-state index in [-0.39, 0.29) is 24.3 Å². The van der Waals surface area contributed by atoms with Crippen LogP contribution in [0.5, 0.6) is 0 Å². The van der Waals surface area contributed by atoms with Gasteiger partial charge in [0.2, 0.25) is 11.8 Å². The molecule has 1 saturated carbocycles. The molecule has 5 nitrogen and oxygen atoms in total. The Morgan fingerprint density at radius 1 is 1.10 bits per heavy atom. The van der Waals surface area contributed by atoms with Crippen molar-refractivity contribution >= 4 is 40.1 Å². The van der Waals surface area contributed by atoms with Crippen LogP contribution in [0.15, 0.2) is 47.5 Å². The largest absolute Gasteiger partial charge is 0.326 e. The molecule has 2 fully saturated rings. The normalized spacial score (nSPS) is 20.4. The number of aryl methyl sites for hydroxylation is 3. The minimum atomic E-state index is -0.426. The third-order valence-corrected chi connectivity index (χ3v) is 6.32. The summed E-state index contributed by atoms with van der Waals surface area (Å²) in [5.74, 6) is -0.149. The van der Waals surface area contributed by atoms with Gasteiger partial charge in [-0.05, 0) is 62.9 Å². The minimum Gasteiger partial charge on any atom is -0.326 e. The first-order valence-corrected chi connectivity index (χ1v) is 10.8. The lowest BCUT2D eigenvalue weighted by Gasteiger charge is -2.15. The fraction of sp³-hybridized carbons (Fsp3) is 0.348. The number of carbonyl (C=O) groups is 2. The van der Waals surface area contributed by atoms with E-state index >= 15 is 0 Å². The number of rotatable bonds is 5. The molecule has 1 aliphatic carbocycles. The molecule has 6 heteroatoms. The maximum Gasteiger partial charge on any atom is 0.242 e. The molecule has 1 aliphatic heterocycles. The first-order chi connectivity index (χ1) is 13.9. The minimum absolute atomic E-state index is 0.000567. The topological polar surface area (TPSA) is 61.8 Å². The average molecular weight is 408 g/mol. The summed E-state index contributed by atoms with van der Waals surface area (Å²) in [7, 11) is 0. The summed E-state index contributed by atoms with van der Waals surface area (Å²) >= 11 is 1.41. The molecule has 4 rings (SSSR count). The number of thioether (sulfide) groups is 1. The van der Waals surface area contributed by atoms with Crippen LogP contribution in [-0.2, 0) is 9.59 Å². The number of nitrogens with one attached hydrogen (secondary N) is 1. The molecule has 0 bridgehead atoms. The van der Waals surface area contributed by atoms with Gasteiger partial charge < -0.3 is 5.32 Å². The van der Waals surface area contributed by atoms with Crippen molar-refractivity contribution in [1.29, 1.82) is 0 Å². The smallest absolute Gasteiger partial charge is 0.242 e. The van der Waals surface area contributed by atoms with Crippen molar-refractivity contribution in [3.05, 3.63) is 59.2 Å². The molecule has 2 amide bonds. The van der Waals surface area contributed by atoms with Gasteiger partial charge in [0.25, 0.3) is 0 Å². The van der Waals surface area contributed by atoms with Crippen LogP contribution in [0.4, 0.5) is 11.4 Å². The van der Waals surface area contributed by atoms with Crippen LogP contribution >= 0.6 is 11.8 Å². The summed E-state index contributed by atoms with van der Waals surface area (Å²) in [5.41, 5.74) is 4.98. The third kappa shape index (κ3) is 4.53.